The van der Waals surface area contributed by atoms with E-state index in [-0.39, 0.29) is 23.5 Å². The summed E-state index contributed by atoms with van der Waals surface area (Å²) in [6.45, 7) is 10.5. The molecule has 0 bridgehead atoms. The highest BCUT2D eigenvalue weighted by molar-refractivity contribution is 5.18. The van der Waals surface area contributed by atoms with Gasteiger partial charge < -0.3 is 10.2 Å². The summed E-state index contributed by atoms with van der Waals surface area (Å²) in [5.74, 6) is 0.889. The molecule has 98 valence electrons. The molecular weight excluding hydrogens is 212 g/mol. The van der Waals surface area contributed by atoms with E-state index in [1.165, 1.54) is 5.57 Å². The van der Waals surface area contributed by atoms with Crippen molar-refractivity contribution in [1.29, 1.82) is 0 Å². The summed E-state index contributed by atoms with van der Waals surface area (Å²) in [6, 6.07) is 0. The first-order valence-electron chi connectivity index (χ1n) is 6.91. The van der Waals surface area contributed by atoms with Crippen LogP contribution in [-0.4, -0.2) is 22.4 Å². The lowest BCUT2D eigenvalue weighted by molar-refractivity contribution is -0.0320. The molecule has 0 saturated heterocycles. The molecule has 2 heteroatoms. The lowest BCUT2D eigenvalue weighted by Crippen LogP contribution is -2.44. The Kier molecular flexibility index (Phi) is 3.39. The van der Waals surface area contributed by atoms with E-state index in [4.69, 9.17) is 0 Å². The van der Waals surface area contributed by atoms with Gasteiger partial charge in [0, 0.05) is 5.41 Å². The van der Waals surface area contributed by atoms with Crippen LogP contribution < -0.4 is 0 Å². The average Bonchev–Trinajstić information content (AvgIpc) is 2.63. The number of aliphatic hydroxyl groups excluding tert-OH is 2. The van der Waals surface area contributed by atoms with Crippen LogP contribution in [0.25, 0.3) is 0 Å². The Morgan fingerprint density at radius 1 is 1.35 bits per heavy atom. The highest BCUT2D eigenvalue weighted by atomic mass is 16.3. The molecular formula is C15H26O2. The Morgan fingerprint density at radius 3 is 2.59 bits per heavy atom. The highest BCUT2D eigenvalue weighted by Gasteiger charge is 2.54. The zero-order valence-corrected chi connectivity index (χ0v) is 11.3. The maximum atomic E-state index is 10.4. The monoisotopic (exact) mass is 238 g/mol. The van der Waals surface area contributed by atoms with E-state index in [9.17, 15) is 10.2 Å². The van der Waals surface area contributed by atoms with Gasteiger partial charge in [-0.2, -0.15) is 0 Å². The van der Waals surface area contributed by atoms with E-state index in [0.29, 0.717) is 11.8 Å². The summed E-state index contributed by atoms with van der Waals surface area (Å²) in [5, 5.41) is 20.6. The molecule has 2 N–H and O–H groups in total. The third-order valence-corrected chi connectivity index (χ3v) is 5.22. The van der Waals surface area contributed by atoms with Gasteiger partial charge in [-0.3, -0.25) is 0 Å². The van der Waals surface area contributed by atoms with Crippen molar-refractivity contribution in [3.63, 3.8) is 0 Å². The van der Waals surface area contributed by atoms with Gasteiger partial charge in [-0.25, -0.2) is 0 Å². The summed E-state index contributed by atoms with van der Waals surface area (Å²) < 4.78 is 0. The number of hydrogen-bond donors (Lipinski definition) is 2. The van der Waals surface area contributed by atoms with Crippen LogP contribution in [0.2, 0.25) is 0 Å². The van der Waals surface area contributed by atoms with Gasteiger partial charge >= 0.3 is 0 Å². The standard InChI is InChI=1S/C15H26O2/c1-9(2)14(17)11-7-8-15(4)12(16)6-5-10(3)13(11)15/h9,11-14,16-17H,3,5-8H2,1-2,4H3/t11-,12+,13+,14-,15-/m0/s1. The van der Waals surface area contributed by atoms with Crippen LogP contribution in [0.3, 0.4) is 0 Å². The molecule has 0 amide bonds. The fraction of sp³-hybridized carbons (Fsp3) is 0.867. The molecule has 0 aromatic heterocycles. The van der Waals surface area contributed by atoms with Crippen molar-refractivity contribution in [2.24, 2.45) is 23.2 Å². The molecule has 2 fully saturated rings. The topological polar surface area (TPSA) is 40.5 Å². The van der Waals surface area contributed by atoms with Crippen LogP contribution >= 0.6 is 0 Å². The van der Waals surface area contributed by atoms with Gasteiger partial charge in [-0.15, -0.1) is 0 Å². The number of fused-ring (bicyclic) bond motifs is 1. The minimum Gasteiger partial charge on any atom is -0.393 e. The van der Waals surface area contributed by atoms with Crippen LogP contribution in [-0.2, 0) is 0 Å². The molecule has 0 aliphatic heterocycles. The smallest absolute Gasteiger partial charge is 0.0602 e. The van der Waals surface area contributed by atoms with E-state index in [1.54, 1.807) is 0 Å². The van der Waals surface area contributed by atoms with Gasteiger partial charge in [-0.1, -0.05) is 32.9 Å². The molecule has 5 atom stereocenters. The minimum absolute atomic E-state index is 0.0458. The van der Waals surface area contributed by atoms with E-state index >= 15 is 0 Å². The van der Waals surface area contributed by atoms with E-state index in [0.717, 1.165) is 25.7 Å². The van der Waals surface area contributed by atoms with Crippen molar-refractivity contribution in [3.8, 4) is 0 Å². The Balaban J connectivity index is 2.26. The van der Waals surface area contributed by atoms with Gasteiger partial charge in [0.15, 0.2) is 0 Å². The van der Waals surface area contributed by atoms with Crippen LogP contribution in [0.1, 0.15) is 46.5 Å². The van der Waals surface area contributed by atoms with Crippen molar-refractivity contribution in [3.05, 3.63) is 12.2 Å². The van der Waals surface area contributed by atoms with Crippen molar-refractivity contribution in [2.45, 2.75) is 58.7 Å². The lowest BCUT2D eigenvalue weighted by atomic mass is 9.62. The number of rotatable bonds is 2. The Morgan fingerprint density at radius 2 is 2.00 bits per heavy atom. The number of hydrogen-bond acceptors (Lipinski definition) is 2. The zero-order valence-electron chi connectivity index (χ0n) is 11.3. The molecule has 0 unspecified atom stereocenters. The van der Waals surface area contributed by atoms with Crippen molar-refractivity contribution in [2.75, 3.05) is 0 Å². The van der Waals surface area contributed by atoms with Crippen LogP contribution in [0.5, 0.6) is 0 Å². The molecule has 0 radical (unpaired) electrons. The zero-order chi connectivity index (χ0) is 12.8. The molecule has 2 nitrogen and oxygen atoms in total. The van der Waals surface area contributed by atoms with Gasteiger partial charge in [0.05, 0.1) is 12.2 Å². The fourth-order valence-electron chi connectivity index (χ4n) is 4.10. The summed E-state index contributed by atoms with van der Waals surface area (Å²) in [6.07, 6.45) is 3.33. The van der Waals surface area contributed by atoms with E-state index in [1.807, 2.05) is 0 Å². The summed E-state index contributed by atoms with van der Waals surface area (Å²) in [5.41, 5.74) is 1.20. The molecule has 17 heavy (non-hydrogen) atoms. The highest BCUT2D eigenvalue weighted by Crippen LogP contribution is 2.57. The maximum Gasteiger partial charge on any atom is 0.0602 e. The molecule has 2 rings (SSSR count). The van der Waals surface area contributed by atoms with Crippen molar-refractivity contribution < 1.29 is 10.2 Å². The maximum absolute atomic E-state index is 10.4. The largest absolute Gasteiger partial charge is 0.393 e. The minimum atomic E-state index is -0.260. The summed E-state index contributed by atoms with van der Waals surface area (Å²) >= 11 is 0. The number of allylic oxidation sites excluding steroid dienone is 1. The lowest BCUT2D eigenvalue weighted by Gasteiger charge is -2.45. The molecule has 2 aliphatic rings. The molecule has 0 spiro atoms. The second-order valence-corrected chi connectivity index (χ2v) is 6.63. The Bertz CT molecular complexity index is 310. The normalized spacial score (nSPS) is 43.9. The van der Waals surface area contributed by atoms with Crippen LogP contribution in [0.15, 0.2) is 12.2 Å². The second-order valence-electron chi connectivity index (χ2n) is 6.63. The van der Waals surface area contributed by atoms with E-state index in [2.05, 4.69) is 27.4 Å². The van der Waals surface area contributed by atoms with Gasteiger partial charge in [0.2, 0.25) is 0 Å². The summed E-state index contributed by atoms with van der Waals surface area (Å²) in [7, 11) is 0. The first-order valence-corrected chi connectivity index (χ1v) is 6.91. The third-order valence-electron chi connectivity index (χ3n) is 5.22. The second kappa shape index (κ2) is 4.40. The molecule has 2 saturated carbocycles. The Labute approximate surface area is 105 Å². The first kappa shape index (κ1) is 13.1. The van der Waals surface area contributed by atoms with Crippen LogP contribution in [0, 0.1) is 23.2 Å². The van der Waals surface area contributed by atoms with Gasteiger partial charge in [0.1, 0.15) is 0 Å². The van der Waals surface area contributed by atoms with Gasteiger partial charge in [-0.05, 0) is 43.4 Å². The number of aliphatic hydroxyl groups is 2. The third kappa shape index (κ3) is 1.96. The van der Waals surface area contributed by atoms with Crippen molar-refractivity contribution in [1.82, 2.24) is 0 Å². The van der Waals surface area contributed by atoms with E-state index < -0.39 is 0 Å². The van der Waals surface area contributed by atoms with Crippen molar-refractivity contribution >= 4 is 0 Å². The molecule has 0 aromatic rings. The average molecular weight is 238 g/mol. The van der Waals surface area contributed by atoms with Crippen LogP contribution in [0.4, 0.5) is 0 Å². The summed E-state index contributed by atoms with van der Waals surface area (Å²) in [4.78, 5) is 0. The molecule has 2 aliphatic carbocycles. The predicted molar refractivity (Wildman–Crippen MR) is 69.5 cm³/mol. The predicted octanol–water partition coefficient (Wildman–Crippen LogP) is 2.75. The molecule has 0 aromatic carbocycles. The quantitative estimate of drug-likeness (QED) is 0.726. The SMILES string of the molecule is C=C1CC[C@@H](O)[C@]2(C)CC[C@H]([C@@H](O)C(C)C)[C@@H]12. The Hall–Kier alpha value is -0.340. The fourth-order valence-corrected chi connectivity index (χ4v) is 4.10. The molecule has 0 heterocycles. The first-order chi connectivity index (χ1) is 7.88. The van der Waals surface area contributed by atoms with Gasteiger partial charge in [0.25, 0.3) is 0 Å².